The van der Waals surface area contributed by atoms with Gasteiger partial charge in [0.15, 0.2) is 4.34 Å². The largest absolute Gasteiger partial charge is 0.321 e. The third-order valence-corrected chi connectivity index (χ3v) is 6.44. The van der Waals surface area contributed by atoms with Gasteiger partial charge in [0.25, 0.3) is 11.6 Å². The number of rotatable bonds is 6. The predicted octanol–water partition coefficient (Wildman–Crippen LogP) is 5.41. The standard InChI is InChI=1S/C20H14ClN5O3S2/c1-11-15(21)4-3-5-16(11)23-19(27)14(10-22)8-13-6-7-18(17(9-13)26(28)29)31-20-25-24-12(2)30-20/h3-9H,1-2H3,(H,23,27)/b14-8+. The first kappa shape index (κ1) is 22.4. The molecule has 0 radical (unpaired) electrons. The zero-order valence-corrected chi connectivity index (χ0v) is 18.6. The number of nitro benzene ring substituents is 1. The van der Waals surface area contributed by atoms with Crippen LogP contribution in [0.15, 0.2) is 51.2 Å². The fraction of sp³-hybridized carbons (Fsp3) is 0.100. The Kier molecular flexibility index (Phi) is 7.02. The molecule has 11 heteroatoms. The number of nitriles is 1. The maximum Gasteiger partial charge on any atom is 0.283 e. The predicted molar refractivity (Wildman–Crippen MR) is 120 cm³/mol. The molecule has 3 rings (SSSR count). The molecule has 2 aromatic carbocycles. The molecule has 0 aliphatic carbocycles. The van der Waals surface area contributed by atoms with Gasteiger partial charge >= 0.3 is 0 Å². The fourth-order valence-corrected chi connectivity index (χ4v) is 4.55. The van der Waals surface area contributed by atoms with Crippen LogP contribution in [0.25, 0.3) is 6.08 Å². The summed E-state index contributed by atoms with van der Waals surface area (Å²) in [4.78, 5) is 24.0. The van der Waals surface area contributed by atoms with Crippen LogP contribution in [0.5, 0.6) is 0 Å². The monoisotopic (exact) mass is 471 g/mol. The summed E-state index contributed by atoms with van der Waals surface area (Å²) in [6.45, 7) is 3.54. The minimum absolute atomic E-state index is 0.157. The Morgan fingerprint density at radius 3 is 2.74 bits per heavy atom. The van der Waals surface area contributed by atoms with Gasteiger partial charge in [0.1, 0.15) is 16.6 Å². The molecule has 0 fully saturated rings. The van der Waals surface area contributed by atoms with Crippen molar-refractivity contribution in [3.8, 4) is 6.07 Å². The number of carbonyl (C=O) groups excluding carboxylic acids is 1. The molecule has 0 bridgehead atoms. The van der Waals surface area contributed by atoms with E-state index in [1.165, 1.54) is 23.5 Å². The zero-order chi connectivity index (χ0) is 22.5. The van der Waals surface area contributed by atoms with E-state index in [1.807, 2.05) is 6.07 Å². The van der Waals surface area contributed by atoms with Crippen LogP contribution in [-0.2, 0) is 4.79 Å². The maximum absolute atomic E-state index is 12.5. The van der Waals surface area contributed by atoms with Gasteiger partial charge in [-0.25, -0.2) is 0 Å². The van der Waals surface area contributed by atoms with Crippen molar-refractivity contribution in [3.05, 3.63) is 73.2 Å². The van der Waals surface area contributed by atoms with Crippen LogP contribution in [0, 0.1) is 35.3 Å². The van der Waals surface area contributed by atoms with Crippen LogP contribution in [0.3, 0.4) is 0 Å². The molecule has 1 amide bonds. The van der Waals surface area contributed by atoms with Crippen LogP contribution in [0.1, 0.15) is 16.1 Å². The number of nitrogens with one attached hydrogen (secondary N) is 1. The van der Waals surface area contributed by atoms with Gasteiger partial charge in [-0.2, -0.15) is 5.26 Å². The van der Waals surface area contributed by atoms with E-state index in [0.29, 0.717) is 31.1 Å². The molecule has 0 atom stereocenters. The molecular weight excluding hydrogens is 458 g/mol. The molecule has 0 spiro atoms. The third-order valence-electron chi connectivity index (χ3n) is 4.08. The molecule has 1 N–H and O–H groups in total. The number of nitrogens with zero attached hydrogens (tertiary/aromatic N) is 4. The van der Waals surface area contributed by atoms with Gasteiger partial charge in [-0.15, -0.1) is 10.2 Å². The summed E-state index contributed by atoms with van der Waals surface area (Å²) in [6, 6.07) is 11.3. The first-order valence-electron chi connectivity index (χ1n) is 8.73. The average molecular weight is 472 g/mol. The van der Waals surface area contributed by atoms with E-state index in [1.54, 1.807) is 44.2 Å². The van der Waals surface area contributed by atoms with Crippen molar-refractivity contribution in [2.45, 2.75) is 23.1 Å². The Hall–Kier alpha value is -3.26. The Labute approximate surface area is 190 Å². The molecule has 156 valence electrons. The molecule has 0 aliphatic rings. The number of amides is 1. The molecule has 0 aliphatic heterocycles. The number of aromatic nitrogens is 2. The van der Waals surface area contributed by atoms with E-state index in [0.717, 1.165) is 16.8 Å². The SMILES string of the molecule is Cc1nnc(Sc2ccc(/C=C(\C#N)C(=O)Nc3cccc(Cl)c3C)cc2[N+](=O)[O-])s1. The molecule has 0 saturated heterocycles. The molecule has 8 nitrogen and oxygen atoms in total. The number of aryl methyl sites for hydroxylation is 1. The van der Waals surface area contributed by atoms with Gasteiger partial charge in [-0.05, 0) is 49.2 Å². The zero-order valence-electron chi connectivity index (χ0n) is 16.2. The summed E-state index contributed by atoms with van der Waals surface area (Å²) in [6.07, 6.45) is 1.30. The number of nitro groups is 1. The van der Waals surface area contributed by atoms with E-state index in [9.17, 15) is 20.2 Å². The normalized spacial score (nSPS) is 11.1. The Balaban J connectivity index is 1.88. The maximum atomic E-state index is 12.5. The lowest BCUT2D eigenvalue weighted by atomic mass is 10.1. The van der Waals surface area contributed by atoms with Crippen LogP contribution < -0.4 is 5.32 Å². The number of benzene rings is 2. The van der Waals surface area contributed by atoms with Gasteiger partial charge in [0.05, 0.1) is 9.82 Å². The summed E-state index contributed by atoms with van der Waals surface area (Å²) >= 11 is 8.52. The highest BCUT2D eigenvalue weighted by Gasteiger charge is 2.18. The lowest BCUT2D eigenvalue weighted by Gasteiger charge is -2.09. The first-order valence-corrected chi connectivity index (χ1v) is 10.7. The summed E-state index contributed by atoms with van der Waals surface area (Å²) < 4.78 is 0.581. The van der Waals surface area contributed by atoms with Crippen molar-refractivity contribution < 1.29 is 9.72 Å². The molecule has 1 heterocycles. The van der Waals surface area contributed by atoms with Crippen molar-refractivity contribution >= 4 is 58.1 Å². The molecule has 31 heavy (non-hydrogen) atoms. The molecule has 0 unspecified atom stereocenters. The van der Waals surface area contributed by atoms with E-state index >= 15 is 0 Å². The average Bonchev–Trinajstić information content (AvgIpc) is 3.14. The summed E-state index contributed by atoms with van der Waals surface area (Å²) in [5.41, 5.74) is 1.13. The van der Waals surface area contributed by atoms with Crippen LogP contribution in [-0.4, -0.2) is 21.0 Å². The summed E-state index contributed by atoms with van der Waals surface area (Å²) in [5.74, 6) is -0.640. The van der Waals surface area contributed by atoms with Crippen molar-refractivity contribution in [1.82, 2.24) is 10.2 Å². The van der Waals surface area contributed by atoms with Gasteiger partial charge in [-0.1, -0.05) is 46.8 Å². The number of anilines is 1. The van der Waals surface area contributed by atoms with Gasteiger partial charge in [0, 0.05) is 16.8 Å². The van der Waals surface area contributed by atoms with Crippen molar-refractivity contribution in [2.24, 2.45) is 0 Å². The van der Waals surface area contributed by atoms with E-state index < -0.39 is 10.8 Å². The van der Waals surface area contributed by atoms with E-state index in [4.69, 9.17) is 11.6 Å². The smallest absolute Gasteiger partial charge is 0.283 e. The lowest BCUT2D eigenvalue weighted by molar-refractivity contribution is -0.387. The van der Waals surface area contributed by atoms with E-state index in [-0.39, 0.29) is 11.3 Å². The Morgan fingerprint density at radius 2 is 2.10 bits per heavy atom. The Bertz CT molecular complexity index is 1250. The first-order chi connectivity index (χ1) is 14.8. The van der Waals surface area contributed by atoms with Gasteiger partial charge < -0.3 is 5.32 Å². The minimum Gasteiger partial charge on any atom is -0.321 e. The number of carbonyl (C=O) groups is 1. The van der Waals surface area contributed by atoms with Gasteiger partial charge in [-0.3, -0.25) is 14.9 Å². The van der Waals surface area contributed by atoms with Crippen molar-refractivity contribution in [1.29, 1.82) is 5.26 Å². The molecule has 1 aromatic heterocycles. The second-order valence-corrected chi connectivity index (χ2v) is 9.09. The van der Waals surface area contributed by atoms with Gasteiger partial charge in [0.2, 0.25) is 0 Å². The van der Waals surface area contributed by atoms with Crippen LogP contribution in [0.4, 0.5) is 11.4 Å². The van der Waals surface area contributed by atoms with E-state index in [2.05, 4.69) is 15.5 Å². The fourth-order valence-electron chi connectivity index (χ4n) is 2.51. The lowest BCUT2D eigenvalue weighted by Crippen LogP contribution is -2.14. The molecule has 3 aromatic rings. The third kappa shape index (κ3) is 5.46. The minimum atomic E-state index is -0.640. The van der Waals surface area contributed by atoms with Crippen LogP contribution >= 0.6 is 34.7 Å². The topological polar surface area (TPSA) is 122 Å². The second-order valence-electron chi connectivity index (χ2n) is 6.21. The number of halogens is 1. The quantitative estimate of drug-likeness (QED) is 0.220. The molecular formula is C20H14ClN5O3S2. The summed E-state index contributed by atoms with van der Waals surface area (Å²) in [5, 5.41) is 32.7. The number of hydrogen-bond acceptors (Lipinski definition) is 8. The highest BCUT2D eigenvalue weighted by molar-refractivity contribution is 8.01. The van der Waals surface area contributed by atoms with Crippen LogP contribution in [0.2, 0.25) is 5.02 Å². The Morgan fingerprint density at radius 1 is 1.32 bits per heavy atom. The highest BCUT2D eigenvalue weighted by atomic mass is 35.5. The van der Waals surface area contributed by atoms with Crippen molar-refractivity contribution in [3.63, 3.8) is 0 Å². The second kappa shape index (κ2) is 9.70. The highest BCUT2D eigenvalue weighted by Crippen LogP contribution is 2.37. The van der Waals surface area contributed by atoms with Crippen molar-refractivity contribution in [2.75, 3.05) is 5.32 Å². The molecule has 0 saturated carbocycles. The number of hydrogen-bond donors (Lipinski definition) is 1. The summed E-state index contributed by atoms with van der Waals surface area (Å²) in [7, 11) is 0.